The van der Waals surface area contributed by atoms with Crippen LogP contribution < -0.4 is 10.6 Å². The van der Waals surface area contributed by atoms with Gasteiger partial charge in [0.25, 0.3) is 5.91 Å². The van der Waals surface area contributed by atoms with Crippen LogP contribution >= 0.6 is 0 Å². The van der Waals surface area contributed by atoms with Gasteiger partial charge in [0.2, 0.25) is 0 Å². The van der Waals surface area contributed by atoms with E-state index in [1.165, 1.54) is 17.3 Å². The third-order valence-electron chi connectivity index (χ3n) is 4.14. The summed E-state index contributed by atoms with van der Waals surface area (Å²) in [5, 5.41) is 6.24. The largest absolute Gasteiger partial charge is 0.351 e. The number of para-hydroxylation sites is 1. The zero-order valence-corrected chi connectivity index (χ0v) is 15.6. The van der Waals surface area contributed by atoms with E-state index in [1.54, 1.807) is 6.20 Å². The smallest absolute Gasteiger partial charge is 0.271 e. The predicted octanol–water partition coefficient (Wildman–Crippen LogP) is 4.12. The molecule has 0 aliphatic carbocycles. The van der Waals surface area contributed by atoms with Gasteiger partial charge in [0.15, 0.2) is 0 Å². The number of hydrogen-bond acceptors (Lipinski definition) is 4. The Kier molecular flexibility index (Phi) is 6.92. The van der Waals surface area contributed by atoms with Crippen LogP contribution in [0.2, 0.25) is 0 Å². The highest BCUT2D eigenvalue weighted by Gasteiger charge is 2.10. The molecule has 0 saturated heterocycles. The number of hydrogen-bond donors (Lipinski definition) is 2. The number of benzene rings is 1. The molecule has 0 atom stereocenters. The van der Waals surface area contributed by atoms with Crippen molar-refractivity contribution in [3.63, 3.8) is 0 Å². The molecule has 0 radical (unpaired) electrons. The lowest BCUT2D eigenvalue weighted by molar-refractivity contribution is 0.0946. The zero-order valence-electron chi connectivity index (χ0n) is 15.6. The minimum absolute atomic E-state index is 0.178. The van der Waals surface area contributed by atoms with Crippen molar-refractivity contribution in [1.29, 1.82) is 0 Å². The number of nitrogens with one attached hydrogen (secondary N) is 2. The number of amides is 1. The standard InChI is InChI=1S/C20H28N4O/c1-5-15-8-7-9-16(6-2)19(15)24-18-13-22-17(12-23-18)20(25)21-11-10-14(3)4/h7-9,12-14H,5-6,10-11H2,1-4H3,(H,21,25)(H,23,24). The Bertz CT molecular complexity index is 673. The van der Waals surface area contributed by atoms with E-state index < -0.39 is 0 Å². The first-order chi connectivity index (χ1) is 12.0. The number of carbonyl (C=O) groups excluding carboxylic acids is 1. The number of anilines is 2. The molecule has 0 unspecified atom stereocenters. The van der Waals surface area contributed by atoms with Gasteiger partial charge in [-0.05, 0) is 36.3 Å². The molecule has 1 aromatic heterocycles. The maximum atomic E-state index is 12.1. The van der Waals surface area contributed by atoms with Gasteiger partial charge < -0.3 is 10.6 Å². The van der Waals surface area contributed by atoms with Gasteiger partial charge in [-0.1, -0.05) is 45.9 Å². The maximum absolute atomic E-state index is 12.1. The molecule has 5 nitrogen and oxygen atoms in total. The van der Waals surface area contributed by atoms with Gasteiger partial charge in [-0.2, -0.15) is 0 Å². The monoisotopic (exact) mass is 340 g/mol. The fourth-order valence-corrected chi connectivity index (χ4v) is 2.61. The second-order valence-corrected chi connectivity index (χ2v) is 6.51. The van der Waals surface area contributed by atoms with Crippen LogP contribution in [0.1, 0.15) is 55.7 Å². The fraction of sp³-hybridized carbons (Fsp3) is 0.450. The SMILES string of the molecule is CCc1cccc(CC)c1Nc1cnc(C(=O)NCCC(C)C)cn1. The van der Waals surface area contributed by atoms with E-state index >= 15 is 0 Å². The van der Waals surface area contributed by atoms with Gasteiger partial charge in [-0.3, -0.25) is 4.79 Å². The minimum Gasteiger partial charge on any atom is -0.351 e. The summed E-state index contributed by atoms with van der Waals surface area (Å²) in [6.07, 6.45) is 5.97. The molecule has 25 heavy (non-hydrogen) atoms. The molecular weight excluding hydrogens is 312 g/mol. The van der Waals surface area contributed by atoms with E-state index in [0.29, 0.717) is 24.0 Å². The van der Waals surface area contributed by atoms with Crippen LogP contribution in [0.4, 0.5) is 11.5 Å². The van der Waals surface area contributed by atoms with Crippen LogP contribution in [0.25, 0.3) is 0 Å². The summed E-state index contributed by atoms with van der Waals surface area (Å²) in [7, 11) is 0. The van der Waals surface area contributed by atoms with E-state index in [4.69, 9.17) is 0 Å². The van der Waals surface area contributed by atoms with E-state index in [0.717, 1.165) is 24.9 Å². The van der Waals surface area contributed by atoms with Crippen molar-refractivity contribution in [2.75, 3.05) is 11.9 Å². The molecule has 2 rings (SSSR count). The van der Waals surface area contributed by atoms with Gasteiger partial charge in [0, 0.05) is 12.2 Å². The van der Waals surface area contributed by atoms with Crippen molar-refractivity contribution in [2.45, 2.75) is 47.0 Å². The van der Waals surface area contributed by atoms with Gasteiger partial charge in [-0.25, -0.2) is 9.97 Å². The molecule has 1 amide bonds. The average molecular weight is 340 g/mol. The number of nitrogens with zero attached hydrogens (tertiary/aromatic N) is 2. The molecule has 0 aliphatic heterocycles. The Balaban J connectivity index is 2.07. The van der Waals surface area contributed by atoms with Gasteiger partial charge >= 0.3 is 0 Å². The maximum Gasteiger partial charge on any atom is 0.271 e. The van der Waals surface area contributed by atoms with Crippen LogP contribution in [0.5, 0.6) is 0 Å². The normalized spacial score (nSPS) is 10.8. The molecular formula is C20H28N4O. The van der Waals surface area contributed by atoms with Gasteiger partial charge in [0.1, 0.15) is 11.5 Å². The summed E-state index contributed by atoms with van der Waals surface area (Å²) < 4.78 is 0. The Labute approximate surface area is 150 Å². The van der Waals surface area contributed by atoms with Crippen molar-refractivity contribution in [1.82, 2.24) is 15.3 Å². The molecule has 5 heteroatoms. The van der Waals surface area contributed by atoms with Crippen LogP contribution in [0.15, 0.2) is 30.6 Å². The van der Waals surface area contributed by atoms with Crippen molar-refractivity contribution in [2.24, 2.45) is 5.92 Å². The quantitative estimate of drug-likeness (QED) is 0.758. The summed E-state index contributed by atoms with van der Waals surface area (Å²) in [5.74, 6) is 1.03. The lowest BCUT2D eigenvalue weighted by atomic mass is 10.0. The molecule has 134 valence electrons. The summed E-state index contributed by atoms with van der Waals surface area (Å²) in [6.45, 7) is 9.19. The first-order valence-corrected chi connectivity index (χ1v) is 9.03. The molecule has 2 aromatic rings. The molecule has 0 fully saturated rings. The molecule has 2 N–H and O–H groups in total. The minimum atomic E-state index is -0.178. The average Bonchev–Trinajstić information content (AvgIpc) is 2.62. The van der Waals surface area contributed by atoms with Crippen LogP contribution in [0.3, 0.4) is 0 Å². The Morgan fingerprint density at radius 3 is 2.28 bits per heavy atom. The van der Waals surface area contributed by atoms with Crippen molar-refractivity contribution in [3.8, 4) is 0 Å². The summed E-state index contributed by atoms with van der Waals surface area (Å²) in [4.78, 5) is 20.7. The van der Waals surface area contributed by atoms with E-state index in [2.05, 4.69) is 66.5 Å². The van der Waals surface area contributed by atoms with Gasteiger partial charge in [-0.15, -0.1) is 0 Å². The number of rotatable bonds is 8. The summed E-state index contributed by atoms with van der Waals surface area (Å²) >= 11 is 0. The first-order valence-electron chi connectivity index (χ1n) is 9.03. The third-order valence-corrected chi connectivity index (χ3v) is 4.14. The molecule has 0 saturated carbocycles. The highest BCUT2D eigenvalue weighted by atomic mass is 16.1. The summed E-state index contributed by atoms with van der Waals surface area (Å²) in [6, 6.07) is 6.32. The summed E-state index contributed by atoms with van der Waals surface area (Å²) in [5.41, 5.74) is 3.93. The first kappa shape index (κ1) is 18.9. The van der Waals surface area contributed by atoms with Crippen molar-refractivity contribution < 1.29 is 4.79 Å². The van der Waals surface area contributed by atoms with E-state index in [9.17, 15) is 4.79 Å². The second-order valence-electron chi connectivity index (χ2n) is 6.51. The molecule has 1 aromatic carbocycles. The molecule has 0 spiro atoms. The second kappa shape index (κ2) is 9.16. The molecule has 0 bridgehead atoms. The van der Waals surface area contributed by atoms with Crippen LogP contribution in [-0.2, 0) is 12.8 Å². The predicted molar refractivity (Wildman–Crippen MR) is 102 cm³/mol. The zero-order chi connectivity index (χ0) is 18.2. The molecule has 0 aliphatic rings. The number of aryl methyl sites for hydroxylation is 2. The fourth-order valence-electron chi connectivity index (χ4n) is 2.61. The Morgan fingerprint density at radius 2 is 1.76 bits per heavy atom. The topological polar surface area (TPSA) is 66.9 Å². The number of carbonyl (C=O) groups is 1. The molecule has 1 heterocycles. The lowest BCUT2D eigenvalue weighted by Crippen LogP contribution is -2.26. The van der Waals surface area contributed by atoms with Crippen molar-refractivity contribution >= 4 is 17.4 Å². The van der Waals surface area contributed by atoms with E-state index in [-0.39, 0.29) is 5.91 Å². The highest BCUT2D eigenvalue weighted by molar-refractivity contribution is 5.92. The Morgan fingerprint density at radius 1 is 1.08 bits per heavy atom. The number of aromatic nitrogens is 2. The van der Waals surface area contributed by atoms with Crippen molar-refractivity contribution in [3.05, 3.63) is 47.4 Å². The van der Waals surface area contributed by atoms with Gasteiger partial charge in [0.05, 0.1) is 12.4 Å². The lowest BCUT2D eigenvalue weighted by Gasteiger charge is -2.14. The van der Waals surface area contributed by atoms with Crippen LogP contribution in [-0.4, -0.2) is 22.4 Å². The third kappa shape index (κ3) is 5.28. The van der Waals surface area contributed by atoms with E-state index in [1.807, 2.05) is 0 Å². The van der Waals surface area contributed by atoms with Crippen LogP contribution in [0, 0.1) is 5.92 Å². The highest BCUT2D eigenvalue weighted by Crippen LogP contribution is 2.25. The Hall–Kier alpha value is -2.43.